The van der Waals surface area contributed by atoms with Gasteiger partial charge in [-0.3, -0.25) is 4.79 Å². The Morgan fingerprint density at radius 1 is 1.40 bits per heavy atom. The van der Waals surface area contributed by atoms with Gasteiger partial charge in [-0.1, -0.05) is 0 Å². The van der Waals surface area contributed by atoms with Crippen molar-refractivity contribution in [2.24, 2.45) is 5.92 Å². The maximum absolute atomic E-state index is 10.4. The predicted octanol–water partition coefficient (Wildman–Crippen LogP) is 0.629. The normalized spacial score (nSPS) is 35.9. The lowest BCUT2D eigenvalue weighted by molar-refractivity contribution is -0.138. The minimum absolute atomic E-state index is 0.0632. The van der Waals surface area contributed by atoms with Crippen LogP contribution < -0.4 is 0 Å². The maximum Gasteiger partial charge on any atom is 0.303 e. The van der Waals surface area contributed by atoms with Crippen LogP contribution in [0.1, 0.15) is 19.3 Å². The highest BCUT2D eigenvalue weighted by Crippen LogP contribution is 2.26. The molecular weight excluding hydrogens is 200 g/mol. The summed E-state index contributed by atoms with van der Waals surface area (Å²) in [6.07, 6.45) is 1.38. The van der Waals surface area contributed by atoms with E-state index < -0.39 is 5.97 Å². The van der Waals surface area contributed by atoms with Crippen LogP contribution in [-0.2, 0) is 19.0 Å². The number of ether oxygens (including phenoxy) is 3. The lowest BCUT2D eigenvalue weighted by atomic mass is 10.1. The van der Waals surface area contributed by atoms with Crippen LogP contribution in [0.15, 0.2) is 0 Å². The number of aliphatic carboxylic acids is 1. The molecule has 1 N–H and O–H groups in total. The number of carbonyl (C=O) groups is 1. The second-order valence-corrected chi connectivity index (χ2v) is 4.02. The third-order valence-corrected chi connectivity index (χ3v) is 2.80. The van der Waals surface area contributed by atoms with Gasteiger partial charge in [0.25, 0.3) is 0 Å². The lowest BCUT2D eigenvalue weighted by Crippen LogP contribution is -2.22. The standard InChI is InChI=1S/C10H16O5/c11-9(12)2-1-8-6-14-10(15-8)7-3-4-13-5-7/h7-8,10H,1-6H2,(H,11,12). The number of carboxylic acids is 1. The Bertz CT molecular complexity index is 224. The van der Waals surface area contributed by atoms with Crippen LogP contribution in [0.25, 0.3) is 0 Å². The van der Waals surface area contributed by atoms with Gasteiger partial charge in [-0.25, -0.2) is 0 Å². The van der Waals surface area contributed by atoms with Gasteiger partial charge in [0.2, 0.25) is 0 Å². The highest BCUT2D eigenvalue weighted by atomic mass is 16.7. The van der Waals surface area contributed by atoms with Gasteiger partial charge in [0.1, 0.15) is 0 Å². The molecule has 0 aliphatic carbocycles. The first-order valence-electron chi connectivity index (χ1n) is 5.32. The highest BCUT2D eigenvalue weighted by molar-refractivity contribution is 5.66. The van der Waals surface area contributed by atoms with E-state index in [1.165, 1.54) is 0 Å². The zero-order chi connectivity index (χ0) is 10.7. The second kappa shape index (κ2) is 4.92. The molecule has 0 amide bonds. The molecule has 5 nitrogen and oxygen atoms in total. The average Bonchev–Trinajstić information content (AvgIpc) is 2.85. The van der Waals surface area contributed by atoms with Crippen LogP contribution in [0.3, 0.4) is 0 Å². The summed E-state index contributed by atoms with van der Waals surface area (Å²) in [4.78, 5) is 10.4. The van der Waals surface area contributed by atoms with Gasteiger partial charge >= 0.3 is 5.97 Å². The number of carboxylic acid groups (broad SMARTS) is 1. The van der Waals surface area contributed by atoms with E-state index >= 15 is 0 Å². The van der Waals surface area contributed by atoms with Gasteiger partial charge in [-0.05, 0) is 12.8 Å². The molecule has 0 aromatic carbocycles. The Hall–Kier alpha value is -0.650. The molecule has 0 radical (unpaired) electrons. The van der Waals surface area contributed by atoms with E-state index in [0.29, 0.717) is 25.6 Å². The Morgan fingerprint density at radius 3 is 2.93 bits per heavy atom. The molecule has 0 bridgehead atoms. The molecule has 3 unspecified atom stereocenters. The molecule has 3 atom stereocenters. The SMILES string of the molecule is O=C(O)CCC1COC(C2CCOC2)O1. The summed E-state index contributed by atoms with van der Waals surface area (Å²) in [5, 5.41) is 8.53. The fourth-order valence-electron chi connectivity index (χ4n) is 1.92. The minimum atomic E-state index is -0.786. The lowest BCUT2D eigenvalue weighted by Gasteiger charge is -2.15. The van der Waals surface area contributed by atoms with E-state index in [0.717, 1.165) is 13.0 Å². The van der Waals surface area contributed by atoms with Gasteiger partial charge in [0, 0.05) is 18.9 Å². The fraction of sp³-hybridized carbons (Fsp3) is 0.900. The first kappa shape index (κ1) is 10.9. The van der Waals surface area contributed by atoms with E-state index in [-0.39, 0.29) is 18.8 Å². The Labute approximate surface area is 88.3 Å². The molecule has 0 aromatic rings. The van der Waals surface area contributed by atoms with Crippen molar-refractivity contribution in [1.82, 2.24) is 0 Å². The van der Waals surface area contributed by atoms with E-state index in [1.54, 1.807) is 0 Å². The van der Waals surface area contributed by atoms with Crippen LogP contribution in [0, 0.1) is 5.92 Å². The Morgan fingerprint density at radius 2 is 2.27 bits per heavy atom. The molecule has 5 heteroatoms. The topological polar surface area (TPSA) is 65.0 Å². The smallest absolute Gasteiger partial charge is 0.303 e. The van der Waals surface area contributed by atoms with E-state index in [1.807, 2.05) is 0 Å². The summed E-state index contributed by atoms with van der Waals surface area (Å²) >= 11 is 0. The number of hydrogen-bond acceptors (Lipinski definition) is 4. The van der Waals surface area contributed by atoms with Crippen molar-refractivity contribution in [3.63, 3.8) is 0 Å². The second-order valence-electron chi connectivity index (χ2n) is 4.02. The fourth-order valence-corrected chi connectivity index (χ4v) is 1.92. The van der Waals surface area contributed by atoms with Crippen molar-refractivity contribution in [2.45, 2.75) is 31.7 Å². The van der Waals surface area contributed by atoms with Gasteiger partial charge in [0.05, 0.1) is 19.3 Å². The molecule has 0 spiro atoms. The summed E-state index contributed by atoms with van der Waals surface area (Å²) in [5.41, 5.74) is 0. The number of rotatable bonds is 4. The van der Waals surface area contributed by atoms with Crippen molar-refractivity contribution in [1.29, 1.82) is 0 Å². The van der Waals surface area contributed by atoms with E-state index in [4.69, 9.17) is 19.3 Å². The minimum Gasteiger partial charge on any atom is -0.481 e. The summed E-state index contributed by atoms with van der Waals surface area (Å²) in [6, 6.07) is 0. The molecular formula is C10H16O5. The quantitative estimate of drug-likeness (QED) is 0.746. The highest BCUT2D eigenvalue weighted by Gasteiger charge is 2.34. The van der Waals surface area contributed by atoms with Crippen LogP contribution in [0.4, 0.5) is 0 Å². The third-order valence-electron chi connectivity index (χ3n) is 2.80. The molecule has 2 saturated heterocycles. The Balaban J connectivity index is 1.71. The molecule has 2 fully saturated rings. The summed E-state index contributed by atoms with van der Waals surface area (Å²) in [6.45, 7) is 1.97. The molecule has 0 aromatic heterocycles. The molecule has 86 valence electrons. The molecule has 2 rings (SSSR count). The summed E-state index contributed by atoms with van der Waals surface area (Å²) in [7, 11) is 0. The van der Waals surface area contributed by atoms with Crippen molar-refractivity contribution in [3.05, 3.63) is 0 Å². The van der Waals surface area contributed by atoms with Gasteiger partial charge in [0.15, 0.2) is 6.29 Å². The van der Waals surface area contributed by atoms with Crippen LogP contribution in [0.2, 0.25) is 0 Å². The van der Waals surface area contributed by atoms with Gasteiger partial charge in [-0.2, -0.15) is 0 Å². The molecule has 2 heterocycles. The van der Waals surface area contributed by atoms with Crippen LogP contribution in [0.5, 0.6) is 0 Å². The largest absolute Gasteiger partial charge is 0.481 e. The Kier molecular flexibility index (Phi) is 3.56. The first-order chi connectivity index (χ1) is 7.25. The third kappa shape index (κ3) is 2.90. The zero-order valence-corrected chi connectivity index (χ0v) is 8.55. The van der Waals surface area contributed by atoms with Gasteiger partial charge in [-0.15, -0.1) is 0 Å². The van der Waals surface area contributed by atoms with Crippen molar-refractivity contribution in [3.8, 4) is 0 Å². The van der Waals surface area contributed by atoms with Crippen LogP contribution in [-0.4, -0.2) is 43.3 Å². The molecule has 2 aliphatic rings. The first-order valence-corrected chi connectivity index (χ1v) is 5.32. The van der Waals surface area contributed by atoms with E-state index in [9.17, 15) is 4.79 Å². The zero-order valence-electron chi connectivity index (χ0n) is 8.55. The van der Waals surface area contributed by atoms with Gasteiger partial charge < -0.3 is 19.3 Å². The summed E-state index contributed by atoms with van der Waals surface area (Å²) in [5.74, 6) is -0.467. The predicted molar refractivity (Wildman–Crippen MR) is 50.4 cm³/mol. The molecule has 2 aliphatic heterocycles. The van der Waals surface area contributed by atoms with Crippen molar-refractivity contribution < 1.29 is 24.1 Å². The molecule has 0 saturated carbocycles. The molecule has 15 heavy (non-hydrogen) atoms. The maximum atomic E-state index is 10.4. The summed E-state index contributed by atoms with van der Waals surface area (Å²) < 4.78 is 16.4. The van der Waals surface area contributed by atoms with Crippen LogP contribution >= 0.6 is 0 Å². The average molecular weight is 216 g/mol. The van der Waals surface area contributed by atoms with Crippen molar-refractivity contribution >= 4 is 5.97 Å². The monoisotopic (exact) mass is 216 g/mol. The number of hydrogen-bond donors (Lipinski definition) is 1. The van der Waals surface area contributed by atoms with E-state index in [2.05, 4.69) is 0 Å². The van der Waals surface area contributed by atoms with Crippen molar-refractivity contribution in [2.75, 3.05) is 19.8 Å².